The zero-order valence-electron chi connectivity index (χ0n) is 29.4. The molecule has 51 heavy (non-hydrogen) atoms. The van der Waals surface area contributed by atoms with E-state index in [1.165, 1.54) is 47.0 Å². The molecule has 0 fully saturated rings. The molecule has 0 spiro atoms. The van der Waals surface area contributed by atoms with Crippen molar-refractivity contribution in [2.24, 2.45) is 16.1 Å². The number of fused-ring (bicyclic) bond motifs is 2. The summed E-state index contributed by atoms with van der Waals surface area (Å²) in [4.78, 5) is 49.2. The van der Waals surface area contributed by atoms with E-state index in [9.17, 15) is 23.3 Å². The van der Waals surface area contributed by atoms with Crippen molar-refractivity contribution in [2.75, 3.05) is 43.0 Å². The Balaban J connectivity index is 0.000000237. The van der Waals surface area contributed by atoms with E-state index >= 15 is 0 Å². The third kappa shape index (κ3) is 11.0. The molecule has 2 aliphatic rings. The smallest absolute Gasteiger partial charge is 0.320 e. The highest BCUT2D eigenvalue weighted by Crippen LogP contribution is 2.38. The number of terminal acetylenes is 1. The molecular formula is C31H43FN9O7PS2. The monoisotopic (exact) mass is 767 g/mol. The summed E-state index contributed by atoms with van der Waals surface area (Å²) >= 11 is 2.53. The molecule has 6 N–H and O–H groups in total. The maximum Gasteiger partial charge on any atom is 0.320 e. The molecule has 2 aliphatic heterocycles. The lowest BCUT2D eigenvalue weighted by atomic mass is 9.92. The van der Waals surface area contributed by atoms with Gasteiger partial charge in [-0.2, -0.15) is 9.05 Å². The van der Waals surface area contributed by atoms with Crippen LogP contribution in [0.4, 0.5) is 15.8 Å². The standard InChI is InChI=1S/C18H17FN4O2S.C8H14N4OS.C5H12NO4P/c1-4-5-22-13-7-12(11(19)6-14(13)25-9-16(22)24)20-17-23-10-18(2,3)8-15(23)21-26-17;1-8(2,3)5-6(13)12(9)7(14-4)11-10-5;1-11(9,10)3-2-4(6)5(7)8/h1,6-7H,5,8-10H2,2-3H3;9H2,1-4H3;4H,2-3,6H2,1H3,(H,7,8)(H,9,10). The van der Waals surface area contributed by atoms with Crippen molar-refractivity contribution in [1.82, 2.24) is 23.8 Å². The molecule has 4 heterocycles. The number of rotatable bonds is 7. The average Bonchev–Trinajstić information content (AvgIpc) is 3.53. The molecule has 16 nitrogen and oxygen atoms in total. The summed E-state index contributed by atoms with van der Waals surface area (Å²) in [6.45, 7) is 11.9. The van der Waals surface area contributed by atoms with Gasteiger partial charge in [-0.15, -0.1) is 16.6 Å². The number of halogens is 1. The molecule has 0 bridgehead atoms. The van der Waals surface area contributed by atoms with E-state index in [-0.39, 0.29) is 53.7 Å². The van der Waals surface area contributed by atoms with E-state index in [0.717, 1.165) is 23.5 Å². The lowest BCUT2D eigenvalue weighted by molar-refractivity contribution is -0.138. The number of aliphatic carboxylic acids is 1. The molecule has 2 aromatic heterocycles. The SMILES string of the molecule is C#CCN1C(=O)COc2cc(F)c(N=c3snc4n3CC(C)(C)C4)cc21.CP(=O)(O)CCC(N)C(=O)O.CSc1nnc(C(C)(C)C)c(=O)n1N. The molecule has 0 saturated heterocycles. The normalized spacial score (nSPS) is 16.6. The van der Waals surface area contributed by atoms with E-state index in [1.807, 2.05) is 25.3 Å². The minimum atomic E-state index is -3.10. The van der Waals surface area contributed by atoms with Gasteiger partial charge in [-0.1, -0.05) is 52.3 Å². The second kappa shape index (κ2) is 16.5. The van der Waals surface area contributed by atoms with Gasteiger partial charge in [0.25, 0.3) is 11.5 Å². The summed E-state index contributed by atoms with van der Waals surface area (Å²) in [6.07, 6.45) is 8.01. The number of carbonyl (C=O) groups excluding carboxylic acids is 1. The molecule has 1 amide bonds. The number of carboxylic acid groups (broad SMARTS) is 1. The van der Waals surface area contributed by atoms with Crippen molar-refractivity contribution in [1.29, 1.82) is 0 Å². The maximum atomic E-state index is 14.5. The molecule has 1 aromatic carbocycles. The number of carbonyl (C=O) groups is 2. The Morgan fingerprint density at radius 1 is 1.31 bits per heavy atom. The highest BCUT2D eigenvalue weighted by molar-refractivity contribution is 7.98. The van der Waals surface area contributed by atoms with Crippen LogP contribution in [0.3, 0.4) is 0 Å². The average molecular weight is 768 g/mol. The molecule has 0 radical (unpaired) electrons. The zero-order valence-corrected chi connectivity index (χ0v) is 31.9. The minimum absolute atomic E-state index is 0.0412. The van der Waals surface area contributed by atoms with Crippen LogP contribution in [-0.4, -0.2) is 84.0 Å². The molecule has 2 unspecified atom stereocenters. The Hall–Kier alpha value is -4.08. The molecule has 2 atom stereocenters. The summed E-state index contributed by atoms with van der Waals surface area (Å²) in [5.74, 6) is 7.35. The van der Waals surface area contributed by atoms with Crippen LogP contribution in [0.1, 0.15) is 52.6 Å². The highest BCUT2D eigenvalue weighted by atomic mass is 32.2. The Morgan fingerprint density at radius 3 is 2.55 bits per heavy atom. The maximum absolute atomic E-state index is 14.5. The summed E-state index contributed by atoms with van der Waals surface area (Å²) in [5.41, 5.74) is 5.54. The molecule has 20 heteroatoms. The number of hydrogen-bond acceptors (Lipinski definition) is 13. The molecule has 5 rings (SSSR count). The second-order valence-electron chi connectivity index (χ2n) is 13.6. The van der Waals surface area contributed by atoms with Gasteiger partial charge in [-0.05, 0) is 24.2 Å². The summed E-state index contributed by atoms with van der Waals surface area (Å²) in [6, 6.07) is 1.72. The van der Waals surface area contributed by atoms with E-state index in [1.54, 1.807) is 6.26 Å². The van der Waals surface area contributed by atoms with Crippen molar-refractivity contribution in [3.8, 4) is 18.1 Å². The first-order valence-corrected chi connectivity index (χ1v) is 19.7. The van der Waals surface area contributed by atoms with Crippen LogP contribution in [0.5, 0.6) is 5.75 Å². The Labute approximate surface area is 302 Å². The molecular weight excluding hydrogens is 725 g/mol. The first-order valence-electron chi connectivity index (χ1n) is 15.5. The minimum Gasteiger partial charge on any atom is -0.481 e. The third-order valence-corrected chi connectivity index (χ3v) is 9.87. The number of benzene rings is 1. The van der Waals surface area contributed by atoms with Gasteiger partial charge in [0.05, 0.1) is 12.2 Å². The number of thioether (sulfide) groups is 1. The second-order valence-corrected chi connectivity index (χ2v) is 17.7. The van der Waals surface area contributed by atoms with E-state index in [0.29, 0.717) is 27.1 Å². The van der Waals surface area contributed by atoms with Gasteiger partial charge in [0, 0.05) is 48.8 Å². The molecule has 278 valence electrons. The Bertz CT molecular complexity index is 1990. The van der Waals surface area contributed by atoms with Crippen LogP contribution in [0.15, 0.2) is 27.1 Å². The summed E-state index contributed by atoms with van der Waals surface area (Å²) in [5, 5.41) is 16.5. The number of nitrogens with two attached hydrogens (primary N) is 2. The fraction of sp³-hybridized carbons (Fsp3) is 0.516. The van der Waals surface area contributed by atoms with Gasteiger partial charge in [0.15, 0.2) is 19.8 Å². The number of hydrogen-bond donors (Lipinski definition) is 4. The third-order valence-electron chi connectivity index (χ3n) is 7.36. The Morgan fingerprint density at radius 2 is 1.98 bits per heavy atom. The lowest BCUT2D eigenvalue weighted by Gasteiger charge is -2.28. The zero-order chi connectivity index (χ0) is 38.5. The fourth-order valence-corrected chi connectivity index (χ4v) is 6.66. The van der Waals surface area contributed by atoms with Crippen LogP contribution < -0.4 is 31.6 Å². The van der Waals surface area contributed by atoms with Crippen molar-refractivity contribution in [2.45, 2.75) is 70.6 Å². The number of anilines is 1. The number of ether oxygens (including phenoxy) is 1. The largest absolute Gasteiger partial charge is 0.481 e. The van der Waals surface area contributed by atoms with Crippen molar-refractivity contribution < 1.29 is 33.3 Å². The van der Waals surface area contributed by atoms with Gasteiger partial charge in [0.2, 0.25) is 9.96 Å². The van der Waals surface area contributed by atoms with Crippen molar-refractivity contribution >= 4 is 53.9 Å². The van der Waals surface area contributed by atoms with Gasteiger partial charge < -0.3 is 30.9 Å². The molecule has 0 saturated carbocycles. The number of carboxylic acids is 1. The number of nitrogens with zero attached hydrogens (tertiary/aromatic N) is 7. The number of aromatic nitrogens is 5. The van der Waals surface area contributed by atoms with Crippen molar-refractivity contribution in [3.63, 3.8) is 0 Å². The van der Waals surface area contributed by atoms with Gasteiger partial charge >= 0.3 is 5.97 Å². The van der Waals surface area contributed by atoms with E-state index in [4.69, 9.17) is 32.7 Å². The van der Waals surface area contributed by atoms with E-state index < -0.39 is 25.2 Å². The topological polar surface area (TPSA) is 234 Å². The van der Waals surface area contributed by atoms with Crippen LogP contribution in [0.2, 0.25) is 0 Å². The summed E-state index contributed by atoms with van der Waals surface area (Å²) < 4.78 is 38.0. The predicted molar refractivity (Wildman–Crippen MR) is 194 cm³/mol. The van der Waals surface area contributed by atoms with Crippen LogP contribution in [0.25, 0.3) is 0 Å². The van der Waals surface area contributed by atoms with Crippen LogP contribution >= 0.6 is 30.7 Å². The van der Waals surface area contributed by atoms with E-state index in [2.05, 4.69) is 39.3 Å². The van der Waals surface area contributed by atoms with Gasteiger partial charge in [-0.25, -0.2) is 9.38 Å². The first kappa shape index (κ1) is 41.3. The lowest BCUT2D eigenvalue weighted by Crippen LogP contribution is -2.39. The first-order chi connectivity index (χ1) is 23.6. The van der Waals surface area contributed by atoms with Gasteiger partial charge in [-0.3, -0.25) is 23.8 Å². The number of nitrogen functional groups attached to an aromatic ring is 1. The van der Waals surface area contributed by atoms with Gasteiger partial charge in [0.1, 0.15) is 29.0 Å². The van der Waals surface area contributed by atoms with Crippen molar-refractivity contribution in [3.05, 3.63) is 44.6 Å². The molecule has 3 aromatic rings. The molecule has 0 aliphatic carbocycles. The predicted octanol–water partition coefficient (Wildman–Crippen LogP) is 2.32. The van der Waals surface area contributed by atoms with Crippen LogP contribution in [-0.2, 0) is 32.5 Å². The summed E-state index contributed by atoms with van der Waals surface area (Å²) in [7, 11) is -3.10. The fourth-order valence-electron chi connectivity index (χ4n) is 4.74. The quantitative estimate of drug-likeness (QED) is 0.117. The van der Waals surface area contributed by atoms with Crippen LogP contribution in [0, 0.1) is 23.6 Å². The number of amides is 1. The Kier molecular flexibility index (Phi) is 13.4. The highest BCUT2D eigenvalue weighted by Gasteiger charge is 2.31.